The second-order valence-electron chi connectivity index (χ2n) is 6.55. The Labute approximate surface area is 116 Å². The fraction of sp³-hybridized carbons (Fsp3) is 0.647. The van der Waals surface area contributed by atoms with Crippen LogP contribution in [0.25, 0.3) is 0 Å². The lowest BCUT2D eigenvalue weighted by Gasteiger charge is -2.36. The van der Waals surface area contributed by atoms with Gasteiger partial charge in [-0.1, -0.05) is 26.0 Å². The fourth-order valence-corrected chi connectivity index (χ4v) is 3.65. The summed E-state index contributed by atoms with van der Waals surface area (Å²) in [6.45, 7) is 5.52. The van der Waals surface area contributed by atoms with Crippen LogP contribution in [0.4, 0.5) is 0 Å². The van der Waals surface area contributed by atoms with Crippen LogP contribution in [0.3, 0.4) is 0 Å². The largest absolute Gasteiger partial charge is 0.493 e. The number of fused-ring (bicyclic) bond motifs is 1. The Hall–Kier alpha value is -1.02. The summed E-state index contributed by atoms with van der Waals surface area (Å²) in [5.41, 5.74) is 9.19. The zero-order valence-corrected chi connectivity index (χ0v) is 12.1. The summed E-state index contributed by atoms with van der Waals surface area (Å²) in [7, 11) is 0. The molecule has 1 saturated carbocycles. The fourth-order valence-electron chi connectivity index (χ4n) is 3.65. The zero-order chi connectivity index (χ0) is 13.4. The number of rotatable bonds is 2. The van der Waals surface area contributed by atoms with Crippen LogP contribution in [0.5, 0.6) is 5.75 Å². The molecule has 3 rings (SSSR count). The molecule has 0 saturated heterocycles. The highest BCUT2D eigenvalue weighted by Gasteiger charge is 2.31. The number of benzene rings is 1. The van der Waals surface area contributed by atoms with Gasteiger partial charge in [0, 0.05) is 12.5 Å². The zero-order valence-electron chi connectivity index (χ0n) is 12.1. The summed E-state index contributed by atoms with van der Waals surface area (Å²) >= 11 is 0. The number of hydrogen-bond donors (Lipinski definition) is 1. The number of nitrogens with two attached hydrogens (primary N) is 1. The highest BCUT2D eigenvalue weighted by atomic mass is 16.5. The van der Waals surface area contributed by atoms with E-state index >= 15 is 0 Å². The minimum Gasteiger partial charge on any atom is -0.493 e. The van der Waals surface area contributed by atoms with Gasteiger partial charge < -0.3 is 10.5 Å². The molecule has 19 heavy (non-hydrogen) atoms. The van der Waals surface area contributed by atoms with Crippen molar-refractivity contribution in [3.05, 3.63) is 29.3 Å². The molecule has 3 unspecified atom stereocenters. The highest BCUT2D eigenvalue weighted by Crippen LogP contribution is 2.40. The normalized spacial score (nSPS) is 30.2. The molecule has 2 nitrogen and oxygen atoms in total. The van der Waals surface area contributed by atoms with Gasteiger partial charge in [-0.25, -0.2) is 0 Å². The molecule has 0 bridgehead atoms. The van der Waals surface area contributed by atoms with Crippen molar-refractivity contribution in [1.82, 2.24) is 0 Å². The van der Waals surface area contributed by atoms with E-state index in [1.807, 2.05) is 0 Å². The van der Waals surface area contributed by atoms with Crippen LogP contribution in [0.15, 0.2) is 18.2 Å². The van der Waals surface area contributed by atoms with Gasteiger partial charge in [0.1, 0.15) is 5.75 Å². The summed E-state index contributed by atoms with van der Waals surface area (Å²) in [6.07, 6.45) is 4.77. The van der Waals surface area contributed by atoms with E-state index in [0.717, 1.165) is 30.6 Å². The minimum absolute atomic E-state index is 0.329. The van der Waals surface area contributed by atoms with Gasteiger partial charge in [0.15, 0.2) is 0 Å². The van der Waals surface area contributed by atoms with Crippen molar-refractivity contribution in [2.45, 2.75) is 51.5 Å². The average molecular weight is 259 g/mol. The standard InChI is InChI=1S/C17H25NO/c1-11(2)12-3-5-16(18)15(10-12)13-4-6-17-14(9-13)7-8-19-17/h4,6,9,11-12,15-16H,3,5,7-8,10,18H2,1-2H3. The molecule has 1 aliphatic heterocycles. The quantitative estimate of drug-likeness (QED) is 0.882. The SMILES string of the molecule is CC(C)C1CCC(N)C(c2ccc3c(c2)CCO3)C1. The molecule has 0 amide bonds. The summed E-state index contributed by atoms with van der Waals surface area (Å²) in [5, 5.41) is 0. The molecule has 104 valence electrons. The van der Waals surface area contributed by atoms with Crippen LogP contribution in [0, 0.1) is 11.8 Å². The first kappa shape index (κ1) is 13.0. The molecule has 2 N–H and O–H groups in total. The van der Waals surface area contributed by atoms with Crippen LogP contribution in [0.1, 0.15) is 50.2 Å². The van der Waals surface area contributed by atoms with Gasteiger partial charge in [0.25, 0.3) is 0 Å². The smallest absolute Gasteiger partial charge is 0.122 e. The van der Waals surface area contributed by atoms with Crippen molar-refractivity contribution in [2.75, 3.05) is 6.61 Å². The molecule has 1 fully saturated rings. The lowest BCUT2D eigenvalue weighted by atomic mass is 9.71. The van der Waals surface area contributed by atoms with Crippen LogP contribution in [-0.4, -0.2) is 12.6 Å². The Morgan fingerprint density at radius 2 is 2.11 bits per heavy atom. The third-order valence-electron chi connectivity index (χ3n) is 5.03. The maximum Gasteiger partial charge on any atom is 0.122 e. The monoisotopic (exact) mass is 259 g/mol. The Bertz CT molecular complexity index is 455. The van der Waals surface area contributed by atoms with Gasteiger partial charge in [-0.05, 0) is 54.2 Å². The van der Waals surface area contributed by atoms with Crippen molar-refractivity contribution >= 4 is 0 Å². The molecular weight excluding hydrogens is 234 g/mol. The topological polar surface area (TPSA) is 35.2 Å². The second kappa shape index (κ2) is 5.16. The predicted octanol–water partition coefficient (Wildman–Crippen LogP) is 3.49. The summed E-state index contributed by atoms with van der Waals surface area (Å²) in [5.74, 6) is 3.21. The van der Waals surface area contributed by atoms with Crippen molar-refractivity contribution in [1.29, 1.82) is 0 Å². The molecule has 0 spiro atoms. The van der Waals surface area contributed by atoms with Gasteiger partial charge in [0.05, 0.1) is 6.61 Å². The van der Waals surface area contributed by atoms with E-state index < -0.39 is 0 Å². The van der Waals surface area contributed by atoms with Crippen LogP contribution in [0.2, 0.25) is 0 Å². The molecule has 3 atom stereocenters. The molecule has 1 aliphatic carbocycles. The molecule has 2 heteroatoms. The lowest BCUT2D eigenvalue weighted by Crippen LogP contribution is -2.35. The van der Waals surface area contributed by atoms with Gasteiger partial charge >= 0.3 is 0 Å². The Morgan fingerprint density at radius 1 is 1.26 bits per heavy atom. The number of hydrogen-bond acceptors (Lipinski definition) is 2. The molecular formula is C17H25NO. The van der Waals surface area contributed by atoms with E-state index in [4.69, 9.17) is 10.5 Å². The van der Waals surface area contributed by atoms with Crippen molar-refractivity contribution < 1.29 is 4.74 Å². The Balaban J connectivity index is 1.83. The molecule has 1 aromatic rings. The van der Waals surface area contributed by atoms with E-state index in [2.05, 4.69) is 32.0 Å². The summed E-state index contributed by atoms with van der Waals surface area (Å²) in [4.78, 5) is 0. The van der Waals surface area contributed by atoms with Gasteiger partial charge in [0.2, 0.25) is 0 Å². The molecule has 1 aromatic carbocycles. The van der Waals surface area contributed by atoms with E-state index in [0.29, 0.717) is 12.0 Å². The lowest BCUT2D eigenvalue weighted by molar-refractivity contribution is 0.232. The van der Waals surface area contributed by atoms with Gasteiger partial charge in [-0.3, -0.25) is 0 Å². The predicted molar refractivity (Wildman–Crippen MR) is 78.5 cm³/mol. The van der Waals surface area contributed by atoms with E-state index in [1.165, 1.54) is 30.4 Å². The molecule has 0 radical (unpaired) electrons. The first-order chi connectivity index (χ1) is 9.15. The maximum absolute atomic E-state index is 6.39. The average Bonchev–Trinajstić information content (AvgIpc) is 2.86. The van der Waals surface area contributed by atoms with E-state index in [9.17, 15) is 0 Å². The summed E-state index contributed by atoms with van der Waals surface area (Å²) in [6, 6.07) is 7.05. The number of ether oxygens (including phenoxy) is 1. The van der Waals surface area contributed by atoms with Crippen LogP contribution < -0.4 is 10.5 Å². The van der Waals surface area contributed by atoms with Gasteiger partial charge in [-0.15, -0.1) is 0 Å². The second-order valence-corrected chi connectivity index (χ2v) is 6.55. The van der Waals surface area contributed by atoms with Crippen molar-refractivity contribution in [3.63, 3.8) is 0 Å². The maximum atomic E-state index is 6.39. The molecule has 0 aromatic heterocycles. The van der Waals surface area contributed by atoms with Crippen molar-refractivity contribution in [2.24, 2.45) is 17.6 Å². The Kier molecular flexibility index (Phi) is 3.53. The van der Waals surface area contributed by atoms with Crippen LogP contribution in [-0.2, 0) is 6.42 Å². The highest BCUT2D eigenvalue weighted by molar-refractivity contribution is 5.41. The van der Waals surface area contributed by atoms with Gasteiger partial charge in [-0.2, -0.15) is 0 Å². The first-order valence-corrected chi connectivity index (χ1v) is 7.66. The van der Waals surface area contributed by atoms with Crippen LogP contribution >= 0.6 is 0 Å². The third-order valence-corrected chi connectivity index (χ3v) is 5.03. The molecule has 1 heterocycles. The summed E-state index contributed by atoms with van der Waals surface area (Å²) < 4.78 is 5.60. The first-order valence-electron chi connectivity index (χ1n) is 7.66. The van der Waals surface area contributed by atoms with E-state index in [1.54, 1.807) is 0 Å². The third kappa shape index (κ3) is 2.51. The minimum atomic E-state index is 0.329. The van der Waals surface area contributed by atoms with E-state index in [-0.39, 0.29) is 0 Å². The Morgan fingerprint density at radius 3 is 2.89 bits per heavy atom. The molecule has 2 aliphatic rings. The van der Waals surface area contributed by atoms with Crippen molar-refractivity contribution in [3.8, 4) is 5.75 Å².